The van der Waals surface area contributed by atoms with Gasteiger partial charge < -0.3 is 9.47 Å². The third kappa shape index (κ3) is 14.6. The fourth-order valence-corrected chi connectivity index (χ4v) is 1.70. The largest absolute Gasteiger partial charge is 4.00 e. The molecular formula is C24H24O2Ti. The zero-order chi connectivity index (χ0) is 18.7. The van der Waals surface area contributed by atoms with Gasteiger partial charge in [0.15, 0.2) is 0 Å². The molecule has 0 aliphatic heterocycles. The summed E-state index contributed by atoms with van der Waals surface area (Å²) in [5, 5.41) is 0. The van der Waals surface area contributed by atoms with Crippen LogP contribution >= 0.6 is 0 Å². The molecule has 0 saturated carbocycles. The Hall–Kier alpha value is -2.29. The maximum Gasteiger partial charge on any atom is 4.00 e. The molecule has 0 atom stereocenters. The van der Waals surface area contributed by atoms with E-state index in [9.17, 15) is 0 Å². The van der Waals surface area contributed by atoms with Crippen molar-refractivity contribution in [1.29, 1.82) is 0 Å². The van der Waals surface area contributed by atoms with Crippen molar-refractivity contribution in [2.24, 2.45) is 0 Å². The molecule has 0 saturated heterocycles. The zero-order valence-corrected chi connectivity index (χ0v) is 17.4. The Kier molecular flexibility index (Phi) is 16.9. The molecule has 0 amide bonds. The van der Waals surface area contributed by atoms with Crippen molar-refractivity contribution in [2.75, 3.05) is 14.2 Å². The smallest absolute Gasteiger partial charge is 0.522 e. The Labute approximate surface area is 178 Å². The minimum Gasteiger partial charge on any atom is -0.522 e. The third-order valence-electron chi connectivity index (χ3n) is 3.02. The van der Waals surface area contributed by atoms with Gasteiger partial charge in [-0.3, -0.25) is 12.2 Å². The second-order valence-corrected chi connectivity index (χ2v) is 4.90. The second kappa shape index (κ2) is 18.5. The van der Waals surface area contributed by atoms with Gasteiger partial charge in [-0.1, -0.05) is 0 Å². The minimum atomic E-state index is 0. The molecule has 136 valence electrons. The van der Waals surface area contributed by atoms with Crippen LogP contribution in [0.5, 0.6) is 11.5 Å². The van der Waals surface area contributed by atoms with Gasteiger partial charge in [0, 0.05) is 11.5 Å². The fraction of sp³-hybridized carbons (Fsp3) is 0.167. The summed E-state index contributed by atoms with van der Waals surface area (Å²) >= 11 is 0. The average molecular weight is 392 g/mol. The summed E-state index contributed by atoms with van der Waals surface area (Å²) in [6.45, 7) is 0. The molecule has 0 fully saturated rings. The third-order valence-corrected chi connectivity index (χ3v) is 3.02. The molecule has 0 N–H and O–H groups in total. The van der Waals surface area contributed by atoms with Crippen LogP contribution < -0.4 is 9.47 Å². The van der Waals surface area contributed by atoms with E-state index in [0.29, 0.717) is 0 Å². The predicted molar refractivity (Wildman–Crippen MR) is 107 cm³/mol. The number of hydrogen-bond donors (Lipinski definition) is 0. The van der Waals surface area contributed by atoms with Gasteiger partial charge in [-0.25, -0.2) is 24.3 Å². The first kappa shape index (κ1) is 24.7. The topological polar surface area (TPSA) is 18.5 Å². The van der Waals surface area contributed by atoms with Crippen LogP contribution in [-0.2, 0) is 21.7 Å². The van der Waals surface area contributed by atoms with Crippen molar-refractivity contribution >= 4 is 0 Å². The number of allylic oxidation sites excluding steroid dienone is 8. The molecule has 0 spiro atoms. The van der Waals surface area contributed by atoms with Crippen LogP contribution in [0.4, 0.5) is 0 Å². The molecule has 2 aromatic rings. The molecule has 4 rings (SSSR count). The van der Waals surface area contributed by atoms with Crippen LogP contribution in [0.1, 0.15) is 12.8 Å². The molecule has 0 radical (unpaired) electrons. The number of methoxy groups -OCH3 is 2. The quantitative estimate of drug-likeness (QED) is 0.489. The summed E-state index contributed by atoms with van der Waals surface area (Å²) in [4.78, 5) is 0. The molecule has 0 bridgehead atoms. The first-order valence-electron chi connectivity index (χ1n) is 8.32. The molecule has 27 heavy (non-hydrogen) atoms. The summed E-state index contributed by atoms with van der Waals surface area (Å²) in [5.74, 6) is 1.76. The molecular weight excluding hydrogens is 368 g/mol. The first-order chi connectivity index (χ1) is 12.9. The van der Waals surface area contributed by atoms with Gasteiger partial charge in [-0.15, -0.1) is 37.1 Å². The summed E-state index contributed by atoms with van der Waals surface area (Å²) in [7, 11) is 3.30. The number of hydrogen-bond acceptors (Lipinski definition) is 2. The van der Waals surface area contributed by atoms with Crippen molar-refractivity contribution in [3.05, 3.63) is 109 Å². The Balaban J connectivity index is 0.000000337. The van der Waals surface area contributed by atoms with Gasteiger partial charge in [0.2, 0.25) is 0 Å². The summed E-state index contributed by atoms with van der Waals surface area (Å²) < 4.78 is 9.79. The van der Waals surface area contributed by atoms with E-state index in [1.807, 2.05) is 72.8 Å². The van der Waals surface area contributed by atoms with E-state index in [0.717, 1.165) is 24.3 Å². The van der Waals surface area contributed by atoms with Crippen molar-refractivity contribution in [3.63, 3.8) is 0 Å². The Morgan fingerprint density at radius 2 is 1.04 bits per heavy atom. The fourth-order valence-electron chi connectivity index (χ4n) is 1.70. The summed E-state index contributed by atoms with van der Waals surface area (Å²) in [6.07, 6.45) is 20.0. The van der Waals surface area contributed by atoms with Crippen molar-refractivity contribution in [1.82, 2.24) is 0 Å². The molecule has 2 aliphatic rings. The maximum absolute atomic E-state index is 4.89. The van der Waals surface area contributed by atoms with Crippen LogP contribution in [-0.4, -0.2) is 14.2 Å². The first-order valence-corrected chi connectivity index (χ1v) is 8.32. The van der Waals surface area contributed by atoms with Crippen molar-refractivity contribution in [2.45, 2.75) is 12.8 Å². The minimum absolute atomic E-state index is 0. The molecule has 0 unspecified atom stereocenters. The Morgan fingerprint density at radius 3 is 1.19 bits per heavy atom. The van der Waals surface area contributed by atoms with Crippen molar-refractivity contribution in [3.8, 4) is 11.5 Å². The van der Waals surface area contributed by atoms with E-state index >= 15 is 0 Å². The summed E-state index contributed by atoms with van der Waals surface area (Å²) in [6, 6.07) is 20.5. The zero-order valence-electron chi connectivity index (χ0n) is 15.8. The van der Waals surface area contributed by atoms with E-state index in [1.165, 1.54) is 0 Å². The van der Waals surface area contributed by atoms with Gasteiger partial charge in [-0.2, -0.15) is 48.6 Å². The van der Waals surface area contributed by atoms with Gasteiger partial charge in [0.1, 0.15) is 0 Å². The Morgan fingerprint density at radius 1 is 0.667 bits per heavy atom. The van der Waals surface area contributed by atoms with Crippen molar-refractivity contribution < 1.29 is 31.2 Å². The van der Waals surface area contributed by atoms with Gasteiger partial charge in [0.05, 0.1) is 14.2 Å². The van der Waals surface area contributed by atoms with Crippen LogP contribution in [0.2, 0.25) is 0 Å². The van der Waals surface area contributed by atoms with Gasteiger partial charge >= 0.3 is 21.7 Å². The number of ether oxygens (including phenoxy) is 2. The Bertz CT molecular complexity index is 593. The van der Waals surface area contributed by atoms with Gasteiger partial charge in [-0.05, 0) is 0 Å². The van der Waals surface area contributed by atoms with E-state index in [1.54, 1.807) is 14.2 Å². The van der Waals surface area contributed by atoms with Crippen LogP contribution in [0.3, 0.4) is 0 Å². The molecule has 2 nitrogen and oxygen atoms in total. The predicted octanol–water partition coefficient (Wildman–Crippen LogP) is 5.60. The maximum atomic E-state index is 4.89. The van der Waals surface area contributed by atoms with Crippen LogP contribution in [0.25, 0.3) is 0 Å². The molecule has 3 heteroatoms. The average Bonchev–Trinajstić information content (AvgIpc) is 3.48. The van der Waals surface area contributed by atoms with E-state index in [-0.39, 0.29) is 21.7 Å². The molecule has 2 aliphatic carbocycles. The van der Waals surface area contributed by atoms with E-state index in [4.69, 9.17) is 9.47 Å². The number of rotatable bonds is 2. The van der Waals surface area contributed by atoms with Crippen LogP contribution in [0.15, 0.2) is 85.0 Å². The van der Waals surface area contributed by atoms with E-state index < -0.39 is 0 Å². The molecule has 0 aromatic heterocycles. The molecule has 2 aromatic carbocycles. The van der Waals surface area contributed by atoms with Gasteiger partial charge in [0.25, 0.3) is 0 Å². The van der Waals surface area contributed by atoms with E-state index in [2.05, 4.69) is 36.4 Å². The standard InChI is InChI=1S/2C7H7O.2C5H5.Ti/c2*1-8-7-5-3-2-4-6-7;2*1-2-4-5-3-1;/h2*3-6H,1H3;2*1-2,5H,3H2;/q4*-1;+4. The SMILES string of the molecule is COc1cc[c-]cc1.COc1cc[c-]cc1.[C-]1=CCC=C1.[C-]1=CCC=C1.[Ti+4]. The normalized spacial score (nSPS) is 11.6. The monoisotopic (exact) mass is 392 g/mol. The molecule has 0 heterocycles. The number of benzene rings is 2. The second-order valence-electron chi connectivity index (χ2n) is 4.90. The van der Waals surface area contributed by atoms with Crippen LogP contribution in [0, 0.1) is 24.3 Å². The summed E-state index contributed by atoms with van der Waals surface area (Å²) in [5.41, 5.74) is 0.